The summed E-state index contributed by atoms with van der Waals surface area (Å²) < 4.78 is 0. The van der Waals surface area contributed by atoms with Crippen molar-refractivity contribution in [3.05, 3.63) is 29.8 Å². The van der Waals surface area contributed by atoms with Gasteiger partial charge < -0.3 is 11.1 Å². The summed E-state index contributed by atoms with van der Waals surface area (Å²) in [6, 6.07) is 8.79. The van der Waals surface area contributed by atoms with Crippen LogP contribution in [0.4, 0.5) is 5.69 Å². The van der Waals surface area contributed by atoms with E-state index in [4.69, 9.17) is 11.0 Å². The van der Waals surface area contributed by atoms with Crippen molar-refractivity contribution in [3.63, 3.8) is 0 Å². The molecule has 0 atom stereocenters. The number of hydrogen-bond acceptors (Lipinski definition) is 3. The maximum atomic E-state index is 10.4. The Bertz CT molecular complexity index is 337. The number of primary amides is 1. The van der Waals surface area contributed by atoms with Crippen LogP contribution >= 0.6 is 0 Å². The molecule has 0 fully saturated rings. The van der Waals surface area contributed by atoms with E-state index in [1.54, 1.807) is 24.3 Å². The highest BCUT2D eigenvalue weighted by molar-refractivity contribution is 5.78. The van der Waals surface area contributed by atoms with Crippen molar-refractivity contribution < 1.29 is 4.79 Å². The van der Waals surface area contributed by atoms with Gasteiger partial charge in [-0.1, -0.05) is 0 Å². The molecule has 0 radical (unpaired) electrons. The minimum absolute atomic E-state index is 0.103. The molecular formula is C9H9N3O. The minimum Gasteiger partial charge on any atom is -0.376 e. The first-order valence-electron chi connectivity index (χ1n) is 3.74. The summed E-state index contributed by atoms with van der Waals surface area (Å²) in [6.45, 7) is 0.103. The first kappa shape index (κ1) is 9.07. The van der Waals surface area contributed by atoms with Crippen LogP contribution < -0.4 is 11.1 Å². The third-order valence-electron chi connectivity index (χ3n) is 1.48. The number of carbonyl (C=O) groups excluding carboxylic acids is 1. The van der Waals surface area contributed by atoms with Crippen LogP contribution in [0.2, 0.25) is 0 Å². The van der Waals surface area contributed by atoms with Gasteiger partial charge in [0.15, 0.2) is 0 Å². The molecule has 1 aromatic rings. The van der Waals surface area contributed by atoms with E-state index >= 15 is 0 Å². The number of rotatable bonds is 3. The van der Waals surface area contributed by atoms with Crippen LogP contribution in [0.3, 0.4) is 0 Å². The number of hydrogen-bond donors (Lipinski definition) is 2. The minimum atomic E-state index is -0.413. The SMILES string of the molecule is N#Cc1ccc(NCC(N)=O)cc1. The highest BCUT2D eigenvalue weighted by atomic mass is 16.1. The van der Waals surface area contributed by atoms with Crippen LogP contribution in [-0.2, 0) is 4.79 Å². The number of benzene rings is 1. The average Bonchev–Trinajstić information content (AvgIpc) is 2.15. The molecular weight excluding hydrogens is 166 g/mol. The monoisotopic (exact) mass is 175 g/mol. The molecule has 0 bridgehead atoms. The molecule has 0 aromatic heterocycles. The van der Waals surface area contributed by atoms with E-state index in [1.165, 1.54) is 0 Å². The number of nitriles is 1. The quantitative estimate of drug-likeness (QED) is 0.700. The molecule has 1 rings (SSSR count). The lowest BCUT2D eigenvalue weighted by Gasteiger charge is -2.02. The summed E-state index contributed by atoms with van der Waals surface area (Å²) in [6.07, 6.45) is 0. The maximum absolute atomic E-state index is 10.4. The maximum Gasteiger partial charge on any atom is 0.236 e. The molecule has 1 aromatic carbocycles. The lowest BCUT2D eigenvalue weighted by Crippen LogP contribution is -2.21. The third-order valence-corrected chi connectivity index (χ3v) is 1.48. The average molecular weight is 175 g/mol. The number of carbonyl (C=O) groups is 1. The van der Waals surface area contributed by atoms with Gasteiger partial charge in [0.25, 0.3) is 0 Å². The molecule has 66 valence electrons. The van der Waals surface area contributed by atoms with E-state index in [9.17, 15) is 4.79 Å². The fourth-order valence-corrected chi connectivity index (χ4v) is 0.852. The second-order valence-corrected chi connectivity index (χ2v) is 2.51. The Labute approximate surface area is 76.0 Å². The molecule has 0 heterocycles. The van der Waals surface area contributed by atoms with Crippen LogP contribution in [0.5, 0.6) is 0 Å². The molecule has 4 nitrogen and oxygen atoms in total. The number of nitrogens with zero attached hydrogens (tertiary/aromatic N) is 1. The van der Waals surface area contributed by atoms with E-state index in [-0.39, 0.29) is 6.54 Å². The Balaban J connectivity index is 2.60. The fraction of sp³-hybridized carbons (Fsp3) is 0.111. The molecule has 3 N–H and O–H groups in total. The zero-order valence-corrected chi connectivity index (χ0v) is 6.95. The Morgan fingerprint density at radius 3 is 2.54 bits per heavy atom. The summed E-state index contributed by atoms with van der Waals surface area (Å²) in [4.78, 5) is 10.4. The van der Waals surface area contributed by atoms with Crippen molar-refractivity contribution in [2.45, 2.75) is 0 Å². The molecule has 0 aliphatic rings. The predicted molar refractivity (Wildman–Crippen MR) is 48.8 cm³/mol. The van der Waals surface area contributed by atoms with Crippen molar-refractivity contribution in [1.29, 1.82) is 5.26 Å². The smallest absolute Gasteiger partial charge is 0.236 e. The third kappa shape index (κ3) is 2.83. The van der Waals surface area contributed by atoms with Crippen molar-refractivity contribution in [2.24, 2.45) is 5.73 Å². The zero-order chi connectivity index (χ0) is 9.68. The summed E-state index contributed by atoms with van der Waals surface area (Å²) in [5, 5.41) is 11.3. The molecule has 0 saturated carbocycles. The Kier molecular flexibility index (Phi) is 2.87. The molecule has 0 saturated heterocycles. The Hall–Kier alpha value is -2.02. The molecule has 0 aliphatic heterocycles. The fourth-order valence-electron chi connectivity index (χ4n) is 0.852. The van der Waals surface area contributed by atoms with Crippen molar-refractivity contribution in [3.8, 4) is 6.07 Å². The molecule has 1 amide bonds. The normalized spacial score (nSPS) is 8.85. The first-order valence-corrected chi connectivity index (χ1v) is 3.74. The molecule has 4 heteroatoms. The topological polar surface area (TPSA) is 78.9 Å². The van der Waals surface area contributed by atoms with Crippen LogP contribution in [0, 0.1) is 11.3 Å². The highest BCUT2D eigenvalue weighted by Crippen LogP contribution is 2.07. The van der Waals surface area contributed by atoms with Crippen LogP contribution in [0.15, 0.2) is 24.3 Å². The summed E-state index contributed by atoms with van der Waals surface area (Å²) in [5.41, 5.74) is 6.31. The van der Waals surface area contributed by atoms with Gasteiger partial charge >= 0.3 is 0 Å². The van der Waals surface area contributed by atoms with Gasteiger partial charge in [0.05, 0.1) is 18.2 Å². The summed E-state index contributed by atoms with van der Waals surface area (Å²) in [5.74, 6) is -0.413. The van der Waals surface area contributed by atoms with E-state index in [0.717, 1.165) is 5.69 Å². The standard InChI is InChI=1S/C9H9N3O/c10-5-7-1-3-8(4-2-7)12-6-9(11)13/h1-4,12H,6H2,(H2,11,13). The van der Waals surface area contributed by atoms with Gasteiger partial charge in [-0.25, -0.2) is 0 Å². The summed E-state index contributed by atoms with van der Waals surface area (Å²) >= 11 is 0. The number of anilines is 1. The van der Waals surface area contributed by atoms with Crippen molar-refractivity contribution >= 4 is 11.6 Å². The van der Waals surface area contributed by atoms with Crippen molar-refractivity contribution in [1.82, 2.24) is 0 Å². The molecule has 0 spiro atoms. The van der Waals surface area contributed by atoms with Gasteiger partial charge in [0.1, 0.15) is 0 Å². The first-order chi connectivity index (χ1) is 6.22. The number of nitrogens with one attached hydrogen (secondary N) is 1. The Morgan fingerprint density at radius 2 is 2.08 bits per heavy atom. The largest absolute Gasteiger partial charge is 0.376 e. The van der Waals surface area contributed by atoms with Gasteiger partial charge in [0, 0.05) is 5.69 Å². The van der Waals surface area contributed by atoms with Gasteiger partial charge in [-0.15, -0.1) is 0 Å². The Morgan fingerprint density at radius 1 is 1.46 bits per heavy atom. The van der Waals surface area contributed by atoms with Gasteiger partial charge in [0.2, 0.25) is 5.91 Å². The van der Waals surface area contributed by atoms with Gasteiger partial charge in [-0.3, -0.25) is 4.79 Å². The second kappa shape index (κ2) is 4.12. The molecule has 13 heavy (non-hydrogen) atoms. The predicted octanol–water partition coefficient (Wildman–Crippen LogP) is 0.455. The van der Waals surface area contributed by atoms with E-state index in [1.807, 2.05) is 6.07 Å². The number of amides is 1. The van der Waals surface area contributed by atoms with Gasteiger partial charge in [-0.2, -0.15) is 5.26 Å². The van der Waals surface area contributed by atoms with Crippen LogP contribution in [0.1, 0.15) is 5.56 Å². The van der Waals surface area contributed by atoms with Crippen molar-refractivity contribution in [2.75, 3.05) is 11.9 Å². The second-order valence-electron chi connectivity index (χ2n) is 2.51. The van der Waals surface area contributed by atoms with E-state index in [0.29, 0.717) is 5.56 Å². The van der Waals surface area contributed by atoms with E-state index in [2.05, 4.69) is 5.32 Å². The molecule has 0 aliphatic carbocycles. The van der Waals surface area contributed by atoms with Crippen LogP contribution in [0.25, 0.3) is 0 Å². The van der Waals surface area contributed by atoms with Gasteiger partial charge in [-0.05, 0) is 24.3 Å². The van der Waals surface area contributed by atoms with E-state index < -0.39 is 5.91 Å². The summed E-state index contributed by atoms with van der Waals surface area (Å²) in [7, 11) is 0. The lowest BCUT2D eigenvalue weighted by molar-refractivity contribution is -0.116. The number of nitrogens with two attached hydrogens (primary N) is 1. The zero-order valence-electron chi connectivity index (χ0n) is 6.95. The van der Waals surface area contributed by atoms with Crippen LogP contribution in [-0.4, -0.2) is 12.5 Å². The highest BCUT2D eigenvalue weighted by Gasteiger charge is 1.94. The molecule has 0 unspecified atom stereocenters. The lowest BCUT2D eigenvalue weighted by atomic mass is 10.2.